The minimum atomic E-state index is -0.577. The van der Waals surface area contributed by atoms with Crippen LogP contribution in [0, 0.1) is 12.3 Å². The third-order valence-corrected chi connectivity index (χ3v) is 3.73. The number of hydrogen-bond donors (Lipinski definition) is 3. The van der Waals surface area contributed by atoms with Gasteiger partial charge in [-0.3, -0.25) is 4.79 Å². The Morgan fingerprint density at radius 3 is 2.61 bits per heavy atom. The van der Waals surface area contributed by atoms with Crippen LogP contribution in [0.4, 0.5) is 5.00 Å². The van der Waals surface area contributed by atoms with Gasteiger partial charge in [0.15, 0.2) is 0 Å². The maximum absolute atomic E-state index is 12.0. The lowest BCUT2D eigenvalue weighted by Gasteiger charge is -2.25. The first kappa shape index (κ1) is 14.9. The molecule has 0 radical (unpaired) electrons. The van der Waals surface area contributed by atoms with Crippen LogP contribution < -0.4 is 10.6 Å². The Balaban J connectivity index is 2.69. The molecule has 3 N–H and O–H groups in total. The highest BCUT2D eigenvalue weighted by Crippen LogP contribution is 2.24. The summed E-state index contributed by atoms with van der Waals surface area (Å²) in [6.45, 7) is 7.83. The molecule has 102 valence electrons. The second kappa shape index (κ2) is 5.67. The smallest absolute Gasteiger partial charge is 0.256 e. The molecule has 1 heterocycles. The van der Waals surface area contributed by atoms with E-state index in [-0.39, 0.29) is 17.9 Å². The molecule has 0 aliphatic carbocycles. The van der Waals surface area contributed by atoms with Crippen LogP contribution in [0.3, 0.4) is 0 Å². The lowest BCUT2D eigenvalue weighted by molar-refractivity contribution is 0.0587. The minimum absolute atomic E-state index is 0.200. The van der Waals surface area contributed by atoms with Crippen LogP contribution in [0.5, 0.6) is 0 Å². The van der Waals surface area contributed by atoms with Gasteiger partial charge < -0.3 is 15.7 Å². The predicted octanol–water partition coefficient (Wildman–Crippen LogP) is 1.63. The van der Waals surface area contributed by atoms with E-state index in [2.05, 4.69) is 15.0 Å². The molecule has 1 amide bonds. The van der Waals surface area contributed by atoms with Crippen molar-refractivity contribution in [1.82, 2.24) is 9.69 Å². The molecule has 0 aliphatic rings. The highest BCUT2D eigenvalue weighted by Gasteiger charge is 2.24. The third-order valence-electron chi connectivity index (χ3n) is 2.77. The van der Waals surface area contributed by atoms with Crippen LogP contribution in [0.15, 0.2) is 0 Å². The minimum Gasteiger partial charge on any atom is -0.391 e. The zero-order chi connectivity index (χ0) is 13.9. The molecule has 1 atom stereocenters. The fourth-order valence-corrected chi connectivity index (χ4v) is 2.13. The topological polar surface area (TPSA) is 74.2 Å². The van der Waals surface area contributed by atoms with Crippen LogP contribution in [0.25, 0.3) is 0 Å². The van der Waals surface area contributed by atoms with Gasteiger partial charge in [0.05, 0.1) is 17.4 Å². The Labute approximate surface area is 112 Å². The zero-order valence-electron chi connectivity index (χ0n) is 11.5. The summed E-state index contributed by atoms with van der Waals surface area (Å²) in [5, 5.41) is 16.3. The van der Waals surface area contributed by atoms with Crippen molar-refractivity contribution in [3.05, 3.63) is 11.3 Å². The number of amides is 1. The number of hydrogen-bond acceptors (Lipinski definition) is 5. The van der Waals surface area contributed by atoms with Crippen molar-refractivity contribution >= 4 is 22.4 Å². The number of aromatic nitrogens is 1. The van der Waals surface area contributed by atoms with Gasteiger partial charge in [-0.25, -0.2) is 0 Å². The maximum Gasteiger partial charge on any atom is 0.256 e. The van der Waals surface area contributed by atoms with E-state index in [1.165, 1.54) is 11.5 Å². The van der Waals surface area contributed by atoms with E-state index in [0.717, 1.165) is 5.00 Å². The first-order chi connectivity index (χ1) is 8.27. The number of carbonyl (C=O) groups excluding carboxylic acids is 1. The first-order valence-electron chi connectivity index (χ1n) is 5.87. The highest BCUT2D eigenvalue weighted by molar-refractivity contribution is 7.10. The van der Waals surface area contributed by atoms with Gasteiger partial charge >= 0.3 is 0 Å². The summed E-state index contributed by atoms with van der Waals surface area (Å²) in [5.41, 5.74) is 1.01. The summed E-state index contributed by atoms with van der Waals surface area (Å²) in [6.07, 6.45) is -0.577. The Morgan fingerprint density at radius 1 is 1.50 bits per heavy atom. The van der Waals surface area contributed by atoms with E-state index in [4.69, 9.17) is 0 Å². The van der Waals surface area contributed by atoms with Crippen molar-refractivity contribution in [2.75, 3.05) is 18.9 Å². The Kier molecular flexibility index (Phi) is 4.70. The normalized spacial score (nSPS) is 13.2. The standard InChI is InChI=1S/C12H21N3O2S/c1-7-9(11(13-5)18-15-7)10(17)14-6-8(16)12(2,3)4/h8,13,16H,6H2,1-5H3,(H,14,17). The first-order valence-corrected chi connectivity index (χ1v) is 6.65. The summed E-state index contributed by atoms with van der Waals surface area (Å²) in [6, 6.07) is 0. The van der Waals surface area contributed by atoms with E-state index in [9.17, 15) is 9.90 Å². The molecule has 18 heavy (non-hydrogen) atoms. The van der Waals surface area contributed by atoms with E-state index < -0.39 is 6.10 Å². The molecular weight excluding hydrogens is 250 g/mol. The Bertz CT molecular complexity index is 423. The number of nitrogens with zero attached hydrogens (tertiary/aromatic N) is 1. The number of anilines is 1. The molecule has 0 aliphatic heterocycles. The molecule has 1 unspecified atom stereocenters. The molecule has 1 rings (SSSR count). The highest BCUT2D eigenvalue weighted by atomic mass is 32.1. The third kappa shape index (κ3) is 3.43. The van der Waals surface area contributed by atoms with Gasteiger partial charge in [-0.2, -0.15) is 4.37 Å². The van der Waals surface area contributed by atoms with E-state index in [1.807, 2.05) is 20.8 Å². The van der Waals surface area contributed by atoms with Crippen LogP contribution in [0.1, 0.15) is 36.8 Å². The lowest BCUT2D eigenvalue weighted by atomic mass is 9.89. The second-order valence-electron chi connectivity index (χ2n) is 5.31. The van der Waals surface area contributed by atoms with Gasteiger partial charge in [-0.15, -0.1) is 0 Å². The molecule has 1 aromatic rings. The average molecular weight is 271 g/mol. The monoisotopic (exact) mass is 271 g/mol. The van der Waals surface area contributed by atoms with Crippen molar-refractivity contribution in [2.45, 2.75) is 33.8 Å². The Hall–Kier alpha value is -1.14. The van der Waals surface area contributed by atoms with Crippen molar-refractivity contribution in [3.8, 4) is 0 Å². The van der Waals surface area contributed by atoms with Crippen molar-refractivity contribution in [2.24, 2.45) is 5.41 Å². The van der Waals surface area contributed by atoms with Gasteiger partial charge in [-0.05, 0) is 23.9 Å². The van der Waals surface area contributed by atoms with Crippen molar-refractivity contribution in [3.63, 3.8) is 0 Å². The van der Waals surface area contributed by atoms with Crippen molar-refractivity contribution in [1.29, 1.82) is 0 Å². The molecule has 0 bridgehead atoms. The molecule has 0 saturated carbocycles. The largest absolute Gasteiger partial charge is 0.391 e. The van der Waals surface area contributed by atoms with Gasteiger partial charge in [0, 0.05) is 13.6 Å². The molecule has 0 aromatic carbocycles. The molecule has 0 saturated heterocycles. The van der Waals surface area contributed by atoms with Crippen LogP contribution >= 0.6 is 11.5 Å². The molecule has 5 nitrogen and oxygen atoms in total. The molecule has 0 spiro atoms. The van der Waals surface area contributed by atoms with Crippen LogP contribution in [0.2, 0.25) is 0 Å². The van der Waals surface area contributed by atoms with E-state index in [0.29, 0.717) is 11.3 Å². The zero-order valence-corrected chi connectivity index (χ0v) is 12.3. The summed E-state index contributed by atoms with van der Waals surface area (Å²) < 4.78 is 4.14. The number of aliphatic hydroxyl groups is 1. The summed E-state index contributed by atoms with van der Waals surface area (Å²) in [4.78, 5) is 12.0. The Morgan fingerprint density at radius 2 is 2.11 bits per heavy atom. The van der Waals surface area contributed by atoms with Gasteiger partial charge in [0.25, 0.3) is 5.91 Å². The van der Waals surface area contributed by atoms with Crippen LogP contribution in [-0.4, -0.2) is 35.1 Å². The number of carbonyl (C=O) groups is 1. The van der Waals surface area contributed by atoms with Gasteiger partial charge in [0.2, 0.25) is 0 Å². The quantitative estimate of drug-likeness (QED) is 0.778. The summed E-state index contributed by atoms with van der Waals surface area (Å²) in [5.74, 6) is -0.200. The average Bonchev–Trinajstić information content (AvgIpc) is 2.65. The summed E-state index contributed by atoms with van der Waals surface area (Å²) in [7, 11) is 1.76. The van der Waals surface area contributed by atoms with E-state index in [1.54, 1.807) is 14.0 Å². The number of aliphatic hydroxyl groups excluding tert-OH is 1. The fraction of sp³-hybridized carbons (Fsp3) is 0.667. The molecule has 0 fully saturated rings. The number of aryl methyl sites for hydroxylation is 1. The molecular formula is C12H21N3O2S. The van der Waals surface area contributed by atoms with Crippen molar-refractivity contribution < 1.29 is 9.90 Å². The lowest BCUT2D eigenvalue weighted by Crippen LogP contribution is -2.39. The van der Waals surface area contributed by atoms with Gasteiger partial charge in [-0.1, -0.05) is 20.8 Å². The predicted molar refractivity (Wildman–Crippen MR) is 74.2 cm³/mol. The molecule has 1 aromatic heterocycles. The summed E-state index contributed by atoms with van der Waals surface area (Å²) >= 11 is 1.26. The van der Waals surface area contributed by atoms with Gasteiger partial charge in [0.1, 0.15) is 5.00 Å². The SMILES string of the molecule is CNc1snc(C)c1C(=O)NCC(O)C(C)(C)C. The second-order valence-corrected chi connectivity index (χ2v) is 6.09. The number of rotatable bonds is 4. The fourth-order valence-electron chi connectivity index (χ4n) is 1.39. The number of nitrogens with one attached hydrogen (secondary N) is 2. The van der Waals surface area contributed by atoms with Crippen LogP contribution in [-0.2, 0) is 0 Å². The molecule has 6 heteroatoms. The maximum atomic E-state index is 12.0. The van der Waals surface area contributed by atoms with E-state index >= 15 is 0 Å².